The summed E-state index contributed by atoms with van der Waals surface area (Å²) in [4.78, 5) is 0. The summed E-state index contributed by atoms with van der Waals surface area (Å²) in [6.45, 7) is 4.62. The number of ether oxygens (including phenoxy) is 1. The summed E-state index contributed by atoms with van der Waals surface area (Å²) >= 11 is 0. The Bertz CT molecular complexity index is 733. The van der Waals surface area contributed by atoms with Gasteiger partial charge in [-0.2, -0.15) is 0 Å². The van der Waals surface area contributed by atoms with Gasteiger partial charge in [0.2, 0.25) is 11.8 Å². The van der Waals surface area contributed by atoms with Gasteiger partial charge in [0, 0.05) is 11.1 Å². The first-order valence-electron chi connectivity index (χ1n) is 6.90. The maximum atomic E-state index is 5.75. The van der Waals surface area contributed by atoms with Gasteiger partial charge in [-0.3, -0.25) is 0 Å². The van der Waals surface area contributed by atoms with Crippen molar-refractivity contribution in [2.75, 3.05) is 6.61 Å². The molecule has 4 heteroatoms. The Morgan fingerprint density at radius 1 is 0.952 bits per heavy atom. The molecule has 0 spiro atoms. The van der Waals surface area contributed by atoms with Crippen LogP contribution in [-0.4, -0.2) is 16.8 Å². The van der Waals surface area contributed by atoms with E-state index in [1.807, 2.05) is 62.4 Å². The highest BCUT2D eigenvalue weighted by Crippen LogP contribution is 2.26. The molecule has 0 aliphatic heterocycles. The Hall–Kier alpha value is -2.62. The molecule has 2 aromatic carbocycles. The molecule has 1 aromatic heterocycles. The summed E-state index contributed by atoms with van der Waals surface area (Å²) in [5.74, 6) is 1.81. The number of hydrogen-bond acceptors (Lipinski definition) is 4. The van der Waals surface area contributed by atoms with Gasteiger partial charge in [-0.25, -0.2) is 0 Å². The molecular weight excluding hydrogens is 264 g/mol. The first-order valence-corrected chi connectivity index (χ1v) is 6.90. The quantitative estimate of drug-likeness (QED) is 0.721. The summed E-state index contributed by atoms with van der Waals surface area (Å²) in [6.07, 6.45) is 0. The van der Waals surface area contributed by atoms with Crippen LogP contribution in [0.1, 0.15) is 12.5 Å². The smallest absolute Gasteiger partial charge is 0.248 e. The molecule has 0 N–H and O–H groups in total. The van der Waals surface area contributed by atoms with Crippen molar-refractivity contribution in [2.24, 2.45) is 0 Å². The summed E-state index contributed by atoms with van der Waals surface area (Å²) in [5, 5.41) is 8.22. The van der Waals surface area contributed by atoms with E-state index < -0.39 is 0 Å². The monoisotopic (exact) mass is 280 g/mol. The molecule has 0 fully saturated rings. The lowest BCUT2D eigenvalue weighted by molar-refractivity contribution is 0.340. The predicted octanol–water partition coefficient (Wildman–Crippen LogP) is 4.11. The fourth-order valence-corrected chi connectivity index (χ4v) is 2.04. The molecule has 3 aromatic rings. The van der Waals surface area contributed by atoms with Crippen LogP contribution >= 0.6 is 0 Å². The average Bonchev–Trinajstić information content (AvgIpc) is 2.98. The van der Waals surface area contributed by atoms with E-state index >= 15 is 0 Å². The van der Waals surface area contributed by atoms with E-state index in [2.05, 4.69) is 10.2 Å². The van der Waals surface area contributed by atoms with Crippen LogP contribution in [0.4, 0.5) is 0 Å². The van der Waals surface area contributed by atoms with Crippen molar-refractivity contribution in [2.45, 2.75) is 13.8 Å². The molecule has 0 saturated heterocycles. The second-order valence-electron chi connectivity index (χ2n) is 4.74. The molecule has 0 amide bonds. The SMILES string of the molecule is CCOc1cccc(-c2nnc(-c3ccc(C)cc3)o2)c1. The molecule has 21 heavy (non-hydrogen) atoms. The second-order valence-corrected chi connectivity index (χ2v) is 4.74. The Morgan fingerprint density at radius 3 is 2.38 bits per heavy atom. The number of nitrogens with zero attached hydrogens (tertiary/aromatic N) is 2. The zero-order valence-electron chi connectivity index (χ0n) is 12.0. The topological polar surface area (TPSA) is 48.2 Å². The van der Waals surface area contributed by atoms with Crippen LogP contribution in [0.15, 0.2) is 52.9 Å². The van der Waals surface area contributed by atoms with E-state index in [0.717, 1.165) is 16.9 Å². The van der Waals surface area contributed by atoms with Crippen LogP contribution in [0.3, 0.4) is 0 Å². The fraction of sp³-hybridized carbons (Fsp3) is 0.176. The summed E-state index contributed by atoms with van der Waals surface area (Å²) in [6, 6.07) is 15.6. The first kappa shape index (κ1) is 13.4. The number of aryl methyl sites for hydroxylation is 1. The second kappa shape index (κ2) is 5.79. The molecule has 0 atom stereocenters. The predicted molar refractivity (Wildman–Crippen MR) is 81.1 cm³/mol. The lowest BCUT2D eigenvalue weighted by Crippen LogP contribution is -1.91. The Labute approximate surface area is 123 Å². The van der Waals surface area contributed by atoms with Gasteiger partial charge in [-0.05, 0) is 44.2 Å². The molecular formula is C17H16N2O2. The van der Waals surface area contributed by atoms with Crippen molar-refractivity contribution >= 4 is 0 Å². The van der Waals surface area contributed by atoms with Crippen LogP contribution in [0.25, 0.3) is 22.9 Å². The molecule has 3 rings (SSSR count). The first-order chi connectivity index (χ1) is 10.3. The largest absolute Gasteiger partial charge is 0.494 e. The third-order valence-corrected chi connectivity index (χ3v) is 3.12. The van der Waals surface area contributed by atoms with E-state index in [0.29, 0.717) is 18.4 Å². The maximum absolute atomic E-state index is 5.75. The van der Waals surface area contributed by atoms with Gasteiger partial charge in [0.15, 0.2) is 0 Å². The van der Waals surface area contributed by atoms with Crippen molar-refractivity contribution in [3.05, 3.63) is 54.1 Å². The van der Waals surface area contributed by atoms with E-state index in [1.165, 1.54) is 5.56 Å². The minimum Gasteiger partial charge on any atom is -0.494 e. The molecule has 0 aliphatic rings. The van der Waals surface area contributed by atoms with Gasteiger partial charge in [0.25, 0.3) is 0 Å². The highest BCUT2D eigenvalue weighted by molar-refractivity contribution is 5.59. The van der Waals surface area contributed by atoms with Crippen LogP contribution < -0.4 is 4.74 Å². The molecule has 1 heterocycles. The molecule has 0 unspecified atom stereocenters. The van der Waals surface area contributed by atoms with E-state index in [4.69, 9.17) is 9.15 Å². The third-order valence-electron chi connectivity index (χ3n) is 3.12. The zero-order chi connectivity index (χ0) is 14.7. The van der Waals surface area contributed by atoms with Gasteiger partial charge < -0.3 is 9.15 Å². The number of aromatic nitrogens is 2. The number of hydrogen-bond donors (Lipinski definition) is 0. The lowest BCUT2D eigenvalue weighted by atomic mass is 10.1. The van der Waals surface area contributed by atoms with Crippen molar-refractivity contribution < 1.29 is 9.15 Å². The van der Waals surface area contributed by atoms with E-state index in [-0.39, 0.29) is 0 Å². The van der Waals surface area contributed by atoms with E-state index in [1.54, 1.807) is 0 Å². The van der Waals surface area contributed by atoms with Crippen LogP contribution in [0, 0.1) is 6.92 Å². The van der Waals surface area contributed by atoms with Gasteiger partial charge in [0.1, 0.15) is 5.75 Å². The molecule has 0 saturated carbocycles. The van der Waals surface area contributed by atoms with Gasteiger partial charge >= 0.3 is 0 Å². The van der Waals surface area contributed by atoms with Gasteiger partial charge in [-0.15, -0.1) is 10.2 Å². The van der Waals surface area contributed by atoms with Crippen molar-refractivity contribution in [1.29, 1.82) is 0 Å². The normalized spacial score (nSPS) is 10.6. The Kier molecular flexibility index (Phi) is 3.69. The van der Waals surface area contributed by atoms with Crippen molar-refractivity contribution in [3.63, 3.8) is 0 Å². The Balaban J connectivity index is 1.91. The van der Waals surface area contributed by atoms with Gasteiger partial charge in [0.05, 0.1) is 6.61 Å². The summed E-state index contributed by atoms with van der Waals surface area (Å²) in [5.41, 5.74) is 2.97. The van der Waals surface area contributed by atoms with Crippen molar-refractivity contribution in [1.82, 2.24) is 10.2 Å². The maximum Gasteiger partial charge on any atom is 0.248 e. The lowest BCUT2D eigenvalue weighted by Gasteiger charge is -2.03. The third kappa shape index (κ3) is 2.94. The van der Waals surface area contributed by atoms with Crippen LogP contribution in [0.2, 0.25) is 0 Å². The standard InChI is InChI=1S/C17H16N2O2/c1-3-20-15-6-4-5-14(11-15)17-19-18-16(21-17)13-9-7-12(2)8-10-13/h4-11H,3H2,1-2H3. The molecule has 0 radical (unpaired) electrons. The summed E-state index contributed by atoms with van der Waals surface area (Å²) < 4.78 is 11.2. The molecule has 0 aliphatic carbocycles. The summed E-state index contributed by atoms with van der Waals surface area (Å²) in [7, 11) is 0. The average molecular weight is 280 g/mol. The molecule has 0 bridgehead atoms. The zero-order valence-corrected chi connectivity index (χ0v) is 12.0. The highest BCUT2D eigenvalue weighted by Gasteiger charge is 2.10. The molecule has 4 nitrogen and oxygen atoms in total. The fourth-order valence-electron chi connectivity index (χ4n) is 2.04. The minimum atomic E-state index is 0.493. The van der Waals surface area contributed by atoms with Crippen LogP contribution in [-0.2, 0) is 0 Å². The number of benzene rings is 2. The highest BCUT2D eigenvalue weighted by atomic mass is 16.5. The van der Waals surface area contributed by atoms with Crippen molar-refractivity contribution in [3.8, 4) is 28.7 Å². The Morgan fingerprint density at radius 2 is 1.67 bits per heavy atom. The molecule has 106 valence electrons. The minimum absolute atomic E-state index is 0.493. The number of rotatable bonds is 4. The van der Waals surface area contributed by atoms with Crippen LogP contribution in [0.5, 0.6) is 5.75 Å². The van der Waals surface area contributed by atoms with Gasteiger partial charge in [-0.1, -0.05) is 23.8 Å². The van der Waals surface area contributed by atoms with E-state index in [9.17, 15) is 0 Å².